The van der Waals surface area contributed by atoms with E-state index in [-0.39, 0.29) is 44.3 Å². The van der Waals surface area contributed by atoms with Crippen molar-refractivity contribution in [1.82, 2.24) is 0 Å². The summed E-state index contributed by atoms with van der Waals surface area (Å²) < 4.78 is 38.4. The summed E-state index contributed by atoms with van der Waals surface area (Å²) in [6, 6.07) is 0. The summed E-state index contributed by atoms with van der Waals surface area (Å²) in [5.74, 6) is 12.2. The van der Waals surface area contributed by atoms with Crippen LogP contribution in [0.4, 0.5) is 0 Å². The standard InChI is InChI=1S/C37H62O9/c1-5-6-7-8-9-13-16-19-22-35(44-30-40-3)28-42-24-25-43-29-36(45-31-41-4)23-20-17-14-11-10-12-15-18-21-34(38)27-33-26-32(2)46-37(33)39/h26,32,34-36,38H,5-14,16,19,21-25,27-31H2,1-4H3/t32-,34+,35-,36-/m0/s1. The molecule has 0 bridgehead atoms. The second-order valence-electron chi connectivity index (χ2n) is 11.8. The Morgan fingerprint density at radius 2 is 1.35 bits per heavy atom. The fourth-order valence-electron chi connectivity index (χ4n) is 4.85. The molecule has 9 nitrogen and oxygen atoms in total. The van der Waals surface area contributed by atoms with Gasteiger partial charge >= 0.3 is 5.97 Å². The lowest BCUT2D eigenvalue weighted by Crippen LogP contribution is -2.24. The van der Waals surface area contributed by atoms with Crippen LogP contribution >= 0.6 is 0 Å². The Morgan fingerprint density at radius 3 is 1.93 bits per heavy atom. The van der Waals surface area contributed by atoms with Crippen molar-refractivity contribution >= 4 is 5.97 Å². The van der Waals surface area contributed by atoms with E-state index in [2.05, 4.69) is 30.6 Å². The molecule has 0 unspecified atom stereocenters. The molecule has 0 radical (unpaired) electrons. The largest absolute Gasteiger partial charge is 0.455 e. The van der Waals surface area contributed by atoms with E-state index in [9.17, 15) is 9.90 Å². The van der Waals surface area contributed by atoms with Crippen molar-refractivity contribution in [3.05, 3.63) is 11.6 Å². The Balaban J connectivity index is 2.16. The molecule has 9 heteroatoms. The molecule has 1 N–H and O–H groups in total. The van der Waals surface area contributed by atoms with Crippen LogP contribution in [0.25, 0.3) is 0 Å². The zero-order chi connectivity index (χ0) is 33.5. The quantitative estimate of drug-likeness (QED) is 0.0421. The Hall–Kier alpha value is -1.95. The van der Waals surface area contributed by atoms with Gasteiger partial charge in [-0.2, -0.15) is 0 Å². The highest BCUT2D eigenvalue weighted by Gasteiger charge is 2.23. The molecule has 0 saturated heterocycles. The van der Waals surface area contributed by atoms with Crippen molar-refractivity contribution in [2.24, 2.45) is 0 Å². The normalized spacial score (nSPS) is 16.2. The summed E-state index contributed by atoms with van der Waals surface area (Å²) in [5.41, 5.74) is 0.535. The molecule has 0 amide bonds. The average molecular weight is 651 g/mol. The highest BCUT2D eigenvalue weighted by Crippen LogP contribution is 2.19. The van der Waals surface area contributed by atoms with Crippen molar-refractivity contribution in [1.29, 1.82) is 0 Å². The highest BCUT2D eigenvalue weighted by atomic mass is 16.7. The van der Waals surface area contributed by atoms with Gasteiger partial charge in [-0.15, -0.1) is 23.7 Å². The van der Waals surface area contributed by atoms with Crippen LogP contribution in [0.3, 0.4) is 0 Å². The molecule has 0 aromatic heterocycles. The van der Waals surface area contributed by atoms with E-state index in [1.54, 1.807) is 27.2 Å². The third kappa shape index (κ3) is 24.3. The molecule has 0 aliphatic carbocycles. The Kier molecular flexibility index (Phi) is 27.8. The number of rotatable bonds is 29. The first-order chi connectivity index (χ1) is 22.5. The summed E-state index contributed by atoms with van der Waals surface area (Å²) in [6.07, 6.45) is 16.7. The number of carbonyl (C=O) groups excluding carboxylic acids is 1. The number of hydrogen-bond donors (Lipinski definition) is 1. The SMILES string of the molecule is CCCCCCCCCC[C@@H](COCCOC[C@H](CC#CCCCCC#CC[C@@H](O)CC1=C[C@H](C)OC1=O)OCOC)OCOC. The number of ether oxygens (including phenoxy) is 7. The van der Waals surface area contributed by atoms with Gasteiger partial charge in [0.15, 0.2) is 0 Å². The first kappa shape index (κ1) is 42.1. The first-order valence-electron chi connectivity index (χ1n) is 17.4. The van der Waals surface area contributed by atoms with E-state index < -0.39 is 6.10 Å². The molecule has 0 saturated carbocycles. The van der Waals surface area contributed by atoms with Crippen LogP contribution in [0, 0.1) is 23.7 Å². The fourth-order valence-corrected chi connectivity index (χ4v) is 4.85. The molecule has 0 fully saturated rings. The van der Waals surface area contributed by atoms with Gasteiger partial charge in [-0.3, -0.25) is 0 Å². The van der Waals surface area contributed by atoms with Crippen LogP contribution in [0.1, 0.15) is 117 Å². The van der Waals surface area contributed by atoms with Crippen molar-refractivity contribution in [2.45, 2.75) is 141 Å². The molecule has 0 aromatic rings. The monoisotopic (exact) mass is 650 g/mol. The van der Waals surface area contributed by atoms with Crippen LogP contribution in [0.15, 0.2) is 11.6 Å². The molecule has 1 heterocycles. The van der Waals surface area contributed by atoms with Crippen LogP contribution in [-0.4, -0.2) is 89.7 Å². The average Bonchev–Trinajstić information content (AvgIpc) is 3.36. The molecule has 1 aliphatic rings. The minimum Gasteiger partial charge on any atom is -0.455 e. The second kappa shape index (κ2) is 30.4. The third-order valence-corrected chi connectivity index (χ3v) is 7.42. The molecule has 46 heavy (non-hydrogen) atoms. The van der Waals surface area contributed by atoms with Gasteiger partial charge in [-0.05, 0) is 32.3 Å². The number of aliphatic hydroxyl groups is 1. The molecule has 0 aromatic carbocycles. The predicted molar refractivity (Wildman–Crippen MR) is 180 cm³/mol. The predicted octanol–water partition coefficient (Wildman–Crippen LogP) is 6.50. The molecule has 1 rings (SSSR count). The van der Waals surface area contributed by atoms with E-state index in [0.717, 1.165) is 38.5 Å². The maximum Gasteiger partial charge on any atom is 0.334 e. The zero-order valence-electron chi connectivity index (χ0n) is 29.2. The van der Waals surface area contributed by atoms with Gasteiger partial charge in [-0.1, -0.05) is 58.3 Å². The summed E-state index contributed by atoms with van der Waals surface area (Å²) in [4.78, 5) is 11.6. The van der Waals surface area contributed by atoms with Crippen LogP contribution in [-0.2, 0) is 38.0 Å². The molecule has 1 aliphatic heterocycles. The topological polar surface area (TPSA) is 102 Å². The van der Waals surface area contributed by atoms with Gasteiger partial charge in [0, 0.05) is 51.9 Å². The highest BCUT2D eigenvalue weighted by molar-refractivity contribution is 5.90. The van der Waals surface area contributed by atoms with Crippen molar-refractivity contribution in [3.63, 3.8) is 0 Å². The van der Waals surface area contributed by atoms with Gasteiger partial charge in [-0.25, -0.2) is 4.79 Å². The van der Waals surface area contributed by atoms with Crippen molar-refractivity contribution < 1.29 is 43.1 Å². The Morgan fingerprint density at radius 1 is 0.783 bits per heavy atom. The van der Waals surface area contributed by atoms with Crippen LogP contribution < -0.4 is 0 Å². The minimum atomic E-state index is -0.658. The lowest BCUT2D eigenvalue weighted by Gasteiger charge is -2.18. The summed E-state index contributed by atoms with van der Waals surface area (Å²) >= 11 is 0. The van der Waals surface area contributed by atoms with Crippen molar-refractivity contribution in [2.75, 3.05) is 54.2 Å². The van der Waals surface area contributed by atoms with Gasteiger partial charge < -0.3 is 38.3 Å². The number of aliphatic hydroxyl groups excluding tert-OH is 1. The number of esters is 1. The maximum atomic E-state index is 11.6. The van der Waals surface area contributed by atoms with E-state index in [1.165, 1.54) is 44.9 Å². The first-order valence-corrected chi connectivity index (χ1v) is 17.4. The number of carbonyl (C=O) groups is 1. The van der Waals surface area contributed by atoms with Gasteiger partial charge in [0.05, 0.1) is 44.7 Å². The van der Waals surface area contributed by atoms with E-state index >= 15 is 0 Å². The summed E-state index contributed by atoms with van der Waals surface area (Å²) in [7, 11) is 3.24. The zero-order valence-corrected chi connectivity index (χ0v) is 29.2. The summed E-state index contributed by atoms with van der Waals surface area (Å²) in [6.45, 7) is 6.43. The number of methoxy groups -OCH3 is 2. The Labute approximate surface area is 279 Å². The second-order valence-corrected chi connectivity index (χ2v) is 11.8. The van der Waals surface area contributed by atoms with Gasteiger partial charge in [0.25, 0.3) is 0 Å². The van der Waals surface area contributed by atoms with E-state index in [1.807, 2.05) is 0 Å². The minimum absolute atomic E-state index is 0.0328. The van der Waals surface area contributed by atoms with Gasteiger partial charge in [0.1, 0.15) is 19.7 Å². The number of cyclic esters (lactones) is 1. The van der Waals surface area contributed by atoms with Crippen LogP contribution in [0.5, 0.6) is 0 Å². The summed E-state index contributed by atoms with van der Waals surface area (Å²) in [5, 5.41) is 10.1. The maximum absolute atomic E-state index is 11.6. The molecule has 0 spiro atoms. The molecule has 4 atom stereocenters. The number of unbranched alkanes of at least 4 members (excludes halogenated alkanes) is 10. The lowest BCUT2D eigenvalue weighted by molar-refractivity contribution is -0.139. The van der Waals surface area contributed by atoms with E-state index in [4.69, 9.17) is 33.2 Å². The van der Waals surface area contributed by atoms with E-state index in [0.29, 0.717) is 44.8 Å². The van der Waals surface area contributed by atoms with Crippen LogP contribution in [0.2, 0.25) is 0 Å². The van der Waals surface area contributed by atoms with Crippen molar-refractivity contribution in [3.8, 4) is 23.7 Å². The lowest BCUT2D eigenvalue weighted by atomic mass is 10.1. The fraction of sp³-hybridized carbons (Fsp3) is 0.811. The Bertz CT molecular complexity index is 898. The molecular weight excluding hydrogens is 588 g/mol. The third-order valence-electron chi connectivity index (χ3n) is 7.42. The molecule has 264 valence electrons. The number of hydrogen-bond acceptors (Lipinski definition) is 9. The molecular formula is C37H62O9. The van der Waals surface area contributed by atoms with Gasteiger partial charge in [0.2, 0.25) is 0 Å². The smallest absolute Gasteiger partial charge is 0.334 e.